The lowest BCUT2D eigenvalue weighted by molar-refractivity contribution is -0.388. The van der Waals surface area contributed by atoms with Crippen molar-refractivity contribution in [2.24, 2.45) is 0 Å². The molecule has 0 bridgehead atoms. The minimum absolute atomic E-state index is 0. The van der Waals surface area contributed by atoms with Gasteiger partial charge in [-0.1, -0.05) is 0 Å². The lowest BCUT2D eigenvalue weighted by atomic mass is 9.98. The second-order valence-electron chi connectivity index (χ2n) is 8.41. The summed E-state index contributed by atoms with van der Waals surface area (Å²) in [7, 11) is 0. The van der Waals surface area contributed by atoms with Crippen LogP contribution in [0.1, 0.15) is 0 Å². The number of rotatable bonds is 8. The molecule has 0 amide bonds. The van der Waals surface area contributed by atoms with Crippen molar-refractivity contribution in [3.63, 3.8) is 0 Å². The third kappa shape index (κ3) is 8.13. The molecule has 3 saturated heterocycles. The second kappa shape index (κ2) is 17.2. The van der Waals surface area contributed by atoms with Crippen molar-refractivity contribution < 1.29 is 107 Å². The summed E-state index contributed by atoms with van der Waals surface area (Å²) >= 11 is 0. The first-order valence-electron chi connectivity index (χ1n) is 10.6. The van der Waals surface area contributed by atoms with Gasteiger partial charge in [-0.3, -0.25) is 0 Å². The number of hydrogen-bond acceptors (Lipinski definition) is 16. The Kier molecular flexibility index (Phi) is 18.8. The Morgan fingerprint density at radius 2 is 1.00 bits per heavy atom. The molecule has 3 aliphatic heterocycles. The van der Waals surface area contributed by atoms with Crippen LogP contribution in [-0.4, -0.2) is 195 Å². The summed E-state index contributed by atoms with van der Waals surface area (Å²) in [6.45, 7) is -3.14. The van der Waals surface area contributed by atoms with Gasteiger partial charge in [0, 0.05) is 0 Å². The van der Waals surface area contributed by atoms with Crippen LogP contribution in [0, 0.1) is 0 Å². The van der Waals surface area contributed by atoms with E-state index in [9.17, 15) is 56.2 Å². The summed E-state index contributed by atoms with van der Waals surface area (Å²) in [6, 6.07) is 0. The molecule has 3 fully saturated rings. The molecule has 0 spiro atoms. The van der Waals surface area contributed by atoms with Crippen LogP contribution in [0.15, 0.2) is 0 Å². The molecule has 39 heavy (non-hydrogen) atoms. The summed E-state index contributed by atoms with van der Waals surface area (Å²) in [4.78, 5) is 0. The van der Waals surface area contributed by atoms with E-state index in [1.165, 1.54) is 0 Å². The lowest BCUT2D eigenvalue weighted by Gasteiger charge is -2.44. The second-order valence-corrected chi connectivity index (χ2v) is 8.41. The monoisotopic (exact) mass is 594 g/mol. The summed E-state index contributed by atoms with van der Waals surface area (Å²) < 4.78 is 26.4. The maximum Gasteiger partial charge on any atom is 0.224 e. The Morgan fingerprint density at radius 3 is 1.46 bits per heavy atom. The molecular weight excluding hydrogens is 552 g/mol. The molecule has 0 saturated carbocycles. The fourth-order valence-electron chi connectivity index (χ4n) is 4.01. The Hall–Kier alpha value is -0.840. The van der Waals surface area contributed by atoms with Gasteiger partial charge in [0.05, 0.1) is 19.8 Å². The molecule has 21 heteroatoms. The molecule has 0 aliphatic carbocycles. The molecule has 3 aliphatic rings. The normalized spacial score (nSPS) is 45.5. The van der Waals surface area contributed by atoms with Gasteiger partial charge in [-0.25, -0.2) is 0 Å². The van der Waals surface area contributed by atoms with E-state index in [0.717, 1.165) is 0 Å². The van der Waals surface area contributed by atoms with E-state index in [1.807, 2.05) is 0 Å². The van der Waals surface area contributed by atoms with Gasteiger partial charge in [-0.15, -0.1) is 0 Å². The largest absolute Gasteiger partial charge is 0.412 e. The average Bonchev–Trinajstić information content (AvgIpc) is 3.08. The summed E-state index contributed by atoms with van der Waals surface area (Å²) in [5.41, 5.74) is 0. The predicted octanol–water partition coefficient (Wildman–Crippen LogP) is -11.7. The Morgan fingerprint density at radius 1 is 0.538 bits per heavy atom. The SMILES string of the molecule is O.O.O.O.O.OC[C@@H]1O[C@](CO)(O[C@@H]2O[C@H](CO[C@H]3O[C@H](CO)[C@H](O)[C@H](O)[C@H]3O)[C@@H](O)[C@H](O)[C@H]2O)[C@H](O)[C@H]1O. The highest BCUT2D eigenvalue weighted by Gasteiger charge is 2.58. The maximum atomic E-state index is 10.3. The van der Waals surface area contributed by atoms with Gasteiger partial charge < -0.3 is 107 Å². The van der Waals surface area contributed by atoms with E-state index in [0.29, 0.717) is 0 Å². The quantitative estimate of drug-likeness (QED) is 0.124. The molecule has 0 unspecified atom stereocenters. The van der Waals surface area contributed by atoms with Crippen molar-refractivity contribution in [1.82, 2.24) is 0 Å². The molecule has 21 nitrogen and oxygen atoms in total. The van der Waals surface area contributed by atoms with Crippen molar-refractivity contribution in [3.8, 4) is 0 Å². The molecule has 0 aromatic rings. The first kappa shape index (κ1) is 42.6. The van der Waals surface area contributed by atoms with Crippen LogP contribution in [0.25, 0.3) is 0 Å². The van der Waals surface area contributed by atoms with E-state index in [4.69, 9.17) is 23.7 Å². The van der Waals surface area contributed by atoms with Crippen LogP contribution >= 0.6 is 0 Å². The number of aliphatic hydroxyl groups excluding tert-OH is 11. The minimum atomic E-state index is -2.36. The van der Waals surface area contributed by atoms with Crippen LogP contribution < -0.4 is 0 Å². The van der Waals surface area contributed by atoms with Crippen LogP contribution in [0.4, 0.5) is 0 Å². The average molecular weight is 595 g/mol. The zero-order valence-electron chi connectivity index (χ0n) is 20.3. The van der Waals surface area contributed by atoms with E-state index < -0.39 is 112 Å². The zero-order chi connectivity index (χ0) is 25.4. The smallest absolute Gasteiger partial charge is 0.224 e. The number of aliphatic hydroxyl groups is 11. The molecule has 3 rings (SSSR count). The topological polar surface area (TPSA) is 426 Å². The first-order chi connectivity index (χ1) is 16.0. The van der Waals surface area contributed by atoms with E-state index >= 15 is 0 Å². The van der Waals surface area contributed by atoms with Crippen LogP contribution in [0.5, 0.6) is 0 Å². The van der Waals surface area contributed by atoms with Crippen molar-refractivity contribution in [1.29, 1.82) is 0 Å². The van der Waals surface area contributed by atoms with E-state index in [1.54, 1.807) is 0 Å². The van der Waals surface area contributed by atoms with Gasteiger partial charge in [-0.2, -0.15) is 0 Å². The third-order valence-corrected chi connectivity index (χ3v) is 6.16. The minimum Gasteiger partial charge on any atom is -0.412 e. The van der Waals surface area contributed by atoms with Gasteiger partial charge >= 0.3 is 0 Å². The number of hydrogen-bond donors (Lipinski definition) is 11. The molecule has 240 valence electrons. The maximum absolute atomic E-state index is 10.3. The van der Waals surface area contributed by atoms with Crippen molar-refractivity contribution in [2.75, 3.05) is 26.4 Å². The van der Waals surface area contributed by atoms with Crippen molar-refractivity contribution in [3.05, 3.63) is 0 Å². The molecular formula is C18H42O21. The predicted molar refractivity (Wildman–Crippen MR) is 119 cm³/mol. The fourth-order valence-corrected chi connectivity index (χ4v) is 4.01. The summed E-state index contributed by atoms with van der Waals surface area (Å²) in [5.74, 6) is -2.36. The van der Waals surface area contributed by atoms with Crippen LogP contribution in [0.3, 0.4) is 0 Å². The number of ether oxygens (including phenoxy) is 5. The molecule has 0 radical (unpaired) electrons. The lowest BCUT2D eigenvalue weighted by Crippen LogP contribution is -2.63. The Labute approximate surface area is 220 Å². The van der Waals surface area contributed by atoms with Crippen molar-refractivity contribution >= 4 is 0 Å². The molecule has 3 heterocycles. The molecule has 21 N–H and O–H groups in total. The van der Waals surface area contributed by atoms with Gasteiger partial charge in [0.2, 0.25) is 5.79 Å². The third-order valence-electron chi connectivity index (χ3n) is 6.16. The van der Waals surface area contributed by atoms with Crippen LogP contribution in [-0.2, 0) is 23.7 Å². The van der Waals surface area contributed by atoms with Gasteiger partial charge in [0.15, 0.2) is 12.6 Å². The van der Waals surface area contributed by atoms with Gasteiger partial charge in [0.1, 0.15) is 73.8 Å². The van der Waals surface area contributed by atoms with Crippen molar-refractivity contribution in [2.45, 2.75) is 85.5 Å². The first-order valence-corrected chi connectivity index (χ1v) is 10.6. The summed E-state index contributed by atoms with van der Waals surface area (Å²) in [6.07, 6.45) is -21.8. The highest BCUT2D eigenvalue weighted by molar-refractivity contribution is 4.98. The van der Waals surface area contributed by atoms with E-state index in [2.05, 4.69) is 0 Å². The standard InChI is InChI=1S/C18H32O16.5H2O/c19-1-5-8(22)11(25)13(27)16(31-5)30-3-7-9(23)12(26)14(28)17(32-7)34-18(4-21)15(29)10(24)6(2-20)33-18;;;;;/h5-17,19-29H,1-4H2;5*1H2/t5-,6+,7-,8+,9-,10+,11+,12+,13-,14-,15-,16+,17+,18-;;;;;/m1...../s1. The highest BCUT2D eigenvalue weighted by Crippen LogP contribution is 2.36. The van der Waals surface area contributed by atoms with Gasteiger partial charge in [0.25, 0.3) is 0 Å². The van der Waals surface area contributed by atoms with Crippen LogP contribution in [0.2, 0.25) is 0 Å². The Balaban J connectivity index is -0.00000259. The molecule has 0 aromatic heterocycles. The van der Waals surface area contributed by atoms with Gasteiger partial charge in [-0.05, 0) is 0 Å². The summed E-state index contributed by atoms with van der Waals surface area (Å²) in [5, 5.41) is 109. The van der Waals surface area contributed by atoms with E-state index in [-0.39, 0.29) is 27.4 Å². The fraction of sp³-hybridized carbons (Fsp3) is 1.00. The molecule has 0 aromatic carbocycles. The molecule has 14 atom stereocenters. The highest BCUT2D eigenvalue weighted by atomic mass is 16.8. The zero-order valence-corrected chi connectivity index (χ0v) is 20.3. The Bertz CT molecular complexity index is 658.